The van der Waals surface area contributed by atoms with Crippen LogP contribution in [0.2, 0.25) is 0 Å². The maximum atomic E-state index is 12.2. The molecule has 8 nitrogen and oxygen atoms in total. The highest BCUT2D eigenvalue weighted by molar-refractivity contribution is 6.01. The average molecular weight is 384 g/mol. The lowest BCUT2D eigenvalue weighted by Gasteiger charge is -2.14. The third-order valence-corrected chi connectivity index (χ3v) is 4.33. The highest BCUT2D eigenvalue weighted by Crippen LogP contribution is 2.39. The SMILES string of the molecule is O=C1/C=C/C(=O)Oc2c(-n3ccnc3)ccc3nc(-c4ccccc4)nc(c23)O1. The van der Waals surface area contributed by atoms with E-state index in [1.807, 2.05) is 30.3 Å². The number of ether oxygens (including phenoxy) is 2. The summed E-state index contributed by atoms with van der Waals surface area (Å²) in [5, 5.41) is 0.321. The molecule has 1 aliphatic heterocycles. The Hall–Kier alpha value is -4.33. The number of esters is 2. The van der Waals surface area contributed by atoms with Gasteiger partial charge >= 0.3 is 11.9 Å². The van der Waals surface area contributed by atoms with E-state index in [4.69, 9.17) is 9.47 Å². The minimum absolute atomic E-state index is 0.00942. The largest absolute Gasteiger partial charge is 0.420 e. The van der Waals surface area contributed by atoms with E-state index in [0.717, 1.165) is 17.7 Å². The van der Waals surface area contributed by atoms with Gasteiger partial charge in [0.1, 0.15) is 5.39 Å². The third kappa shape index (κ3) is 3.02. The van der Waals surface area contributed by atoms with Gasteiger partial charge in [-0.15, -0.1) is 0 Å². The number of aromatic nitrogens is 4. The highest BCUT2D eigenvalue weighted by atomic mass is 16.6. The second kappa shape index (κ2) is 6.68. The molecule has 2 aromatic heterocycles. The molecule has 2 aromatic carbocycles. The van der Waals surface area contributed by atoms with Crippen molar-refractivity contribution in [3.05, 3.63) is 73.3 Å². The fourth-order valence-electron chi connectivity index (χ4n) is 3.05. The molecule has 0 N–H and O–H groups in total. The lowest BCUT2D eigenvalue weighted by molar-refractivity contribution is -0.131. The standard InChI is InChI=1S/C21H12N4O4/c26-16-8-9-17(27)29-21-18-14(23-20(24-21)13-4-2-1-3-5-13)6-7-15(19(18)28-16)25-11-10-22-12-25/h1-12H/b9-8+. The van der Waals surface area contributed by atoms with Gasteiger partial charge in [-0.1, -0.05) is 30.3 Å². The third-order valence-electron chi connectivity index (χ3n) is 4.33. The van der Waals surface area contributed by atoms with E-state index in [1.165, 1.54) is 0 Å². The van der Waals surface area contributed by atoms with Crippen LogP contribution >= 0.6 is 0 Å². The smallest absolute Gasteiger partial charge is 0.337 e. The zero-order chi connectivity index (χ0) is 19.8. The summed E-state index contributed by atoms with van der Waals surface area (Å²) < 4.78 is 12.7. The number of carbonyl (C=O) groups excluding carboxylic acids is 2. The number of nitrogens with zero attached hydrogens (tertiary/aromatic N) is 4. The van der Waals surface area contributed by atoms with Gasteiger partial charge in [0.2, 0.25) is 5.88 Å². The van der Waals surface area contributed by atoms with Crippen LogP contribution < -0.4 is 9.47 Å². The van der Waals surface area contributed by atoms with E-state index in [1.54, 1.807) is 35.4 Å². The van der Waals surface area contributed by atoms with Crippen molar-refractivity contribution in [1.29, 1.82) is 0 Å². The summed E-state index contributed by atoms with van der Waals surface area (Å²) in [6.07, 6.45) is 6.89. The molecule has 0 spiro atoms. The van der Waals surface area contributed by atoms with Crippen LogP contribution in [0, 0.1) is 0 Å². The maximum absolute atomic E-state index is 12.2. The lowest BCUT2D eigenvalue weighted by Crippen LogP contribution is -2.08. The first-order valence-electron chi connectivity index (χ1n) is 8.69. The summed E-state index contributed by atoms with van der Waals surface area (Å²) in [4.78, 5) is 37.4. The number of rotatable bonds is 2. The molecule has 0 saturated heterocycles. The van der Waals surface area contributed by atoms with E-state index in [2.05, 4.69) is 15.0 Å². The summed E-state index contributed by atoms with van der Waals surface area (Å²) >= 11 is 0. The number of hydrogen-bond acceptors (Lipinski definition) is 7. The molecule has 1 aliphatic rings. The molecular formula is C21H12N4O4. The Morgan fingerprint density at radius 3 is 2.41 bits per heavy atom. The number of benzene rings is 2. The summed E-state index contributed by atoms with van der Waals surface area (Å²) in [7, 11) is 0. The van der Waals surface area contributed by atoms with Crippen molar-refractivity contribution in [2.24, 2.45) is 0 Å². The van der Waals surface area contributed by atoms with Gasteiger partial charge in [0.05, 0.1) is 17.5 Å². The van der Waals surface area contributed by atoms with E-state index in [0.29, 0.717) is 22.4 Å². The van der Waals surface area contributed by atoms with E-state index in [9.17, 15) is 9.59 Å². The van der Waals surface area contributed by atoms with Crippen molar-refractivity contribution in [1.82, 2.24) is 19.5 Å². The molecule has 0 fully saturated rings. The van der Waals surface area contributed by atoms with Crippen LogP contribution in [0.25, 0.3) is 28.0 Å². The zero-order valence-corrected chi connectivity index (χ0v) is 14.9. The van der Waals surface area contributed by atoms with Gasteiger partial charge < -0.3 is 14.0 Å². The normalized spacial score (nSPS) is 14.5. The van der Waals surface area contributed by atoms with Crippen LogP contribution in [0.15, 0.2) is 73.3 Å². The van der Waals surface area contributed by atoms with Crippen molar-refractivity contribution < 1.29 is 19.1 Å². The summed E-state index contributed by atoms with van der Waals surface area (Å²) in [6, 6.07) is 12.8. The quantitative estimate of drug-likeness (QED) is 0.387. The minimum Gasteiger partial charge on any atom is -0.420 e. The van der Waals surface area contributed by atoms with Crippen molar-refractivity contribution in [2.75, 3.05) is 0 Å². The second-order valence-corrected chi connectivity index (χ2v) is 6.17. The molecule has 8 heteroatoms. The van der Waals surface area contributed by atoms with Gasteiger partial charge in [-0.05, 0) is 12.1 Å². The molecule has 0 bridgehead atoms. The van der Waals surface area contributed by atoms with Crippen LogP contribution in [0.1, 0.15) is 0 Å². The van der Waals surface area contributed by atoms with Crippen LogP contribution in [0.3, 0.4) is 0 Å². The number of hydrogen-bond donors (Lipinski definition) is 0. The molecule has 29 heavy (non-hydrogen) atoms. The molecule has 0 unspecified atom stereocenters. The summed E-state index contributed by atoms with van der Waals surface area (Å²) in [6.45, 7) is 0. The van der Waals surface area contributed by atoms with E-state index in [-0.39, 0.29) is 11.6 Å². The van der Waals surface area contributed by atoms with E-state index >= 15 is 0 Å². The van der Waals surface area contributed by atoms with Gasteiger partial charge in [-0.25, -0.2) is 19.6 Å². The summed E-state index contributed by atoms with van der Waals surface area (Å²) in [5.41, 5.74) is 1.76. The predicted octanol–water partition coefficient (Wildman–Crippen LogP) is 2.86. The van der Waals surface area contributed by atoms with Crippen LogP contribution in [0.4, 0.5) is 0 Å². The second-order valence-electron chi connectivity index (χ2n) is 6.17. The van der Waals surface area contributed by atoms with Gasteiger partial charge in [-0.2, -0.15) is 4.98 Å². The highest BCUT2D eigenvalue weighted by Gasteiger charge is 2.23. The Morgan fingerprint density at radius 2 is 1.66 bits per heavy atom. The Kier molecular flexibility index (Phi) is 3.87. The Balaban J connectivity index is 1.84. The minimum atomic E-state index is -0.734. The van der Waals surface area contributed by atoms with Gasteiger partial charge in [-0.3, -0.25) is 0 Å². The topological polar surface area (TPSA) is 96.2 Å². The van der Waals surface area contributed by atoms with Gasteiger partial charge in [0.25, 0.3) is 0 Å². The van der Waals surface area contributed by atoms with Crippen molar-refractivity contribution >= 4 is 22.8 Å². The molecule has 0 radical (unpaired) electrons. The van der Waals surface area contributed by atoms with Crippen LogP contribution in [-0.4, -0.2) is 31.5 Å². The predicted molar refractivity (Wildman–Crippen MR) is 103 cm³/mol. The van der Waals surface area contributed by atoms with Crippen molar-refractivity contribution in [3.63, 3.8) is 0 Å². The number of imidazole rings is 1. The first kappa shape index (κ1) is 16.8. The first-order valence-corrected chi connectivity index (χ1v) is 8.69. The molecule has 4 aromatic rings. The van der Waals surface area contributed by atoms with Gasteiger partial charge in [0, 0.05) is 30.1 Å². The fourth-order valence-corrected chi connectivity index (χ4v) is 3.05. The molecule has 140 valence electrons. The molecule has 0 aliphatic carbocycles. The van der Waals surface area contributed by atoms with Crippen LogP contribution in [0.5, 0.6) is 11.6 Å². The Labute approximate surface area is 164 Å². The van der Waals surface area contributed by atoms with Crippen molar-refractivity contribution in [3.8, 4) is 28.7 Å². The molecular weight excluding hydrogens is 372 g/mol. The summed E-state index contributed by atoms with van der Waals surface area (Å²) in [5.74, 6) is -0.871. The van der Waals surface area contributed by atoms with E-state index < -0.39 is 11.9 Å². The van der Waals surface area contributed by atoms with Crippen molar-refractivity contribution in [2.45, 2.75) is 0 Å². The first-order chi connectivity index (χ1) is 14.2. The Bertz CT molecular complexity index is 1280. The molecule has 3 heterocycles. The fraction of sp³-hybridized carbons (Fsp3) is 0. The zero-order valence-electron chi connectivity index (χ0n) is 14.9. The Morgan fingerprint density at radius 1 is 0.862 bits per heavy atom. The molecule has 0 amide bonds. The molecule has 0 atom stereocenters. The average Bonchev–Trinajstić information content (AvgIpc) is 3.28. The number of carbonyl (C=O) groups is 2. The monoisotopic (exact) mass is 384 g/mol. The maximum Gasteiger partial charge on any atom is 0.337 e. The molecule has 0 saturated carbocycles. The lowest BCUT2D eigenvalue weighted by atomic mass is 10.1. The van der Waals surface area contributed by atoms with Gasteiger partial charge in [0.15, 0.2) is 11.6 Å². The molecule has 5 rings (SSSR count). The van der Waals surface area contributed by atoms with Crippen LogP contribution in [-0.2, 0) is 9.59 Å².